The Labute approximate surface area is 100 Å². The second-order valence-corrected chi connectivity index (χ2v) is 4.96. The molecular weight excluding hydrogens is 216 g/mol. The van der Waals surface area contributed by atoms with Crippen molar-refractivity contribution in [2.45, 2.75) is 38.3 Å². The summed E-state index contributed by atoms with van der Waals surface area (Å²) in [6.07, 6.45) is 2.26. The van der Waals surface area contributed by atoms with E-state index in [2.05, 4.69) is 20.6 Å². The van der Waals surface area contributed by atoms with Gasteiger partial charge in [-0.2, -0.15) is 0 Å². The number of rotatable bonds is 1. The third-order valence-corrected chi connectivity index (χ3v) is 3.74. The first-order valence-corrected chi connectivity index (χ1v) is 6.33. The molecule has 0 saturated carbocycles. The van der Waals surface area contributed by atoms with Crippen molar-refractivity contribution in [3.63, 3.8) is 0 Å². The lowest BCUT2D eigenvalue weighted by molar-refractivity contribution is 0.444. The standard InChI is InChI=1S/C12H18N4O/c1-7-10-9(6-14-7)15-11(16-12(10)17)8-3-2-4-13-5-8/h7-8,13-14H,2-6H2,1H3,(H,15,16,17). The molecule has 3 N–H and O–H groups in total. The zero-order valence-electron chi connectivity index (χ0n) is 10.0. The summed E-state index contributed by atoms with van der Waals surface area (Å²) in [6.45, 7) is 4.72. The summed E-state index contributed by atoms with van der Waals surface area (Å²) in [7, 11) is 0. The van der Waals surface area contributed by atoms with E-state index in [1.807, 2.05) is 6.92 Å². The van der Waals surface area contributed by atoms with Crippen LogP contribution in [0, 0.1) is 0 Å². The average Bonchev–Trinajstić information content (AvgIpc) is 2.73. The minimum Gasteiger partial charge on any atom is -0.316 e. The lowest BCUT2D eigenvalue weighted by atomic mass is 9.98. The first-order valence-electron chi connectivity index (χ1n) is 6.33. The van der Waals surface area contributed by atoms with Crippen molar-refractivity contribution in [3.05, 3.63) is 27.4 Å². The molecule has 0 amide bonds. The van der Waals surface area contributed by atoms with Crippen molar-refractivity contribution >= 4 is 0 Å². The van der Waals surface area contributed by atoms with Crippen LogP contribution in [0.1, 0.15) is 48.8 Å². The Morgan fingerprint density at radius 3 is 3.06 bits per heavy atom. The summed E-state index contributed by atoms with van der Waals surface area (Å²) >= 11 is 0. The molecule has 0 aromatic carbocycles. The smallest absolute Gasteiger partial charge is 0.255 e. The first-order chi connectivity index (χ1) is 8.25. The summed E-state index contributed by atoms with van der Waals surface area (Å²) in [5.74, 6) is 1.22. The van der Waals surface area contributed by atoms with E-state index in [1.165, 1.54) is 0 Å². The van der Waals surface area contributed by atoms with E-state index >= 15 is 0 Å². The molecule has 2 aliphatic heterocycles. The Balaban J connectivity index is 1.97. The van der Waals surface area contributed by atoms with E-state index in [9.17, 15) is 4.79 Å². The predicted molar refractivity (Wildman–Crippen MR) is 65.0 cm³/mol. The van der Waals surface area contributed by atoms with Gasteiger partial charge in [0.15, 0.2) is 0 Å². The molecule has 5 nitrogen and oxygen atoms in total. The first kappa shape index (κ1) is 10.9. The van der Waals surface area contributed by atoms with Crippen LogP contribution >= 0.6 is 0 Å². The molecule has 2 atom stereocenters. The van der Waals surface area contributed by atoms with Gasteiger partial charge >= 0.3 is 0 Å². The lowest BCUT2D eigenvalue weighted by Gasteiger charge is -2.22. The summed E-state index contributed by atoms with van der Waals surface area (Å²) in [6, 6.07) is 0.125. The van der Waals surface area contributed by atoms with Crippen LogP contribution in [-0.2, 0) is 6.54 Å². The molecule has 0 bridgehead atoms. The van der Waals surface area contributed by atoms with Crippen molar-refractivity contribution < 1.29 is 0 Å². The lowest BCUT2D eigenvalue weighted by Crippen LogP contribution is -2.31. The van der Waals surface area contributed by atoms with Crippen LogP contribution in [0.2, 0.25) is 0 Å². The highest BCUT2D eigenvalue weighted by Crippen LogP contribution is 2.23. The van der Waals surface area contributed by atoms with Gasteiger partial charge in [0.1, 0.15) is 5.82 Å². The third kappa shape index (κ3) is 1.89. The van der Waals surface area contributed by atoms with E-state index in [0.29, 0.717) is 12.5 Å². The topological polar surface area (TPSA) is 69.8 Å². The monoisotopic (exact) mass is 234 g/mol. The fraction of sp³-hybridized carbons (Fsp3) is 0.667. The number of fused-ring (bicyclic) bond motifs is 1. The summed E-state index contributed by atoms with van der Waals surface area (Å²) in [5.41, 5.74) is 1.78. The fourth-order valence-corrected chi connectivity index (χ4v) is 2.76. The maximum absolute atomic E-state index is 12.0. The highest BCUT2D eigenvalue weighted by atomic mass is 16.1. The van der Waals surface area contributed by atoms with Crippen LogP contribution in [0.5, 0.6) is 0 Å². The zero-order chi connectivity index (χ0) is 11.8. The Hall–Kier alpha value is -1.20. The molecule has 17 heavy (non-hydrogen) atoms. The van der Waals surface area contributed by atoms with E-state index in [-0.39, 0.29) is 11.6 Å². The quantitative estimate of drug-likeness (QED) is 0.658. The molecule has 1 fully saturated rings. The number of hydrogen-bond acceptors (Lipinski definition) is 4. The van der Waals surface area contributed by atoms with Crippen molar-refractivity contribution in [1.29, 1.82) is 0 Å². The molecule has 5 heteroatoms. The maximum atomic E-state index is 12.0. The second-order valence-electron chi connectivity index (χ2n) is 4.96. The normalized spacial score (nSPS) is 28.1. The Kier molecular flexibility index (Phi) is 2.72. The Morgan fingerprint density at radius 2 is 2.29 bits per heavy atom. The molecule has 3 heterocycles. The van der Waals surface area contributed by atoms with E-state index in [1.54, 1.807) is 0 Å². The van der Waals surface area contributed by atoms with Crippen LogP contribution in [-0.4, -0.2) is 23.1 Å². The van der Waals surface area contributed by atoms with Gasteiger partial charge in [0.25, 0.3) is 5.56 Å². The largest absolute Gasteiger partial charge is 0.316 e. The number of nitrogens with zero attached hydrogens (tertiary/aromatic N) is 1. The number of piperidine rings is 1. The van der Waals surface area contributed by atoms with Gasteiger partial charge in [-0.25, -0.2) is 4.98 Å². The van der Waals surface area contributed by atoms with Crippen LogP contribution in [0.15, 0.2) is 4.79 Å². The highest BCUT2D eigenvalue weighted by Gasteiger charge is 2.26. The summed E-state index contributed by atoms with van der Waals surface area (Å²) in [4.78, 5) is 19.6. The van der Waals surface area contributed by atoms with Gasteiger partial charge in [0.05, 0.1) is 11.3 Å². The second kappa shape index (κ2) is 4.23. The Morgan fingerprint density at radius 1 is 1.41 bits per heavy atom. The SMILES string of the molecule is CC1NCc2nc(C3CCCNC3)[nH]c(=O)c21. The van der Waals surface area contributed by atoms with Crippen molar-refractivity contribution in [1.82, 2.24) is 20.6 Å². The molecule has 2 aliphatic rings. The van der Waals surface area contributed by atoms with E-state index in [4.69, 9.17) is 0 Å². The molecule has 0 radical (unpaired) electrons. The molecule has 0 spiro atoms. The zero-order valence-corrected chi connectivity index (χ0v) is 10.0. The minimum atomic E-state index is 0.0353. The number of H-pyrrole nitrogens is 1. The van der Waals surface area contributed by atoms with E-state index in [0.717, 1.165) is 43.0 Å². The number of aromatic amines is 1. The third-order valence-electron chi connectivity index (χ3n) is 3.74. The van der Waals surface area contributed by atoms with Gasteiger partial charge in [-0.3, -0.25) is 4.79 Å². The average molecular weight is 234 g/mol. The van der Waals surface area contributed by atoms with Gasteiger partial charge in [0.2, 0.25) is 0 Å². The molecule has 0 aliphatic carbocycles. The van der Waals surface area contributed by atoms with Crippen molar-refractivity contribution in [2.24, 2.45) is 0 Å². The molecule has 1 aromatic heterocycles. The fourth-order valence-electron chi connectivity index (χ4n) is 2.76. The minimum absolute atomic E-state index is 0.0353. The van der Waals surface area contributed by atoms with Crippen molar-refractivity contribution in [2.75, 3.05) is 13.1 Å². The number of aromatic nitrogens is 2. The van der Waals surface area contributed by atoms with Crippen LogP contribution in [0.3, 0.4) is 0 Å². The summed E-state index contributed by atoms with van der Waals surface area (Å²) in [5, 5.41) is 6.61. The molecule has 3 rings (SSSR count). The predicted octanol–water partition coefficient (Wildman–Crippen LogP) is 0.401. The molecule has 2 unspecified atom stereocenters. The van der Waals surface area contributed by atoms with Gasteiger partial charge in [-0.15, -0.1) is 0 Å². The number of nitrogens with one attached hydrogen (secondary N) is 3. The van der Waals surface area contributed by atoms with Gasteiger partial charge in [0, 0.05) is 25.0 Å². The molecule has 1 saturated heterocycles. The molecule has 1 aromatic rings. The van der Waals surface area contributed by atoms with Crippen LogP contribution in [0.4, 0.5) is 0 Å². The van der Waals surface area contributed by atoms with Crippen molar-refractivity contribution in [3.8, 4) is 0 Å². The van der Waals surface area contributed by atoms with Gasteiger partial charge < -0.3 is 15.6 Å². The van der Waals surface area contributed by atoms with Gasteiger partial charge in [-0.1, -0.05) is 0 Å². The number of hydrogen-bond donors (Lipinski definition) is 3. The highest BCUT2D eigenvalue weighted by molar-refractivity contribution is 5.26. The molecule has 92 valence electrons. The maximum Gasteiger partial charge on any atom is 0.255 e. The van der Waals surface area contributed by atoms with Gasteiger partial charge in [-0.05, 0) is 26.3 Å². The van der Waals surface area contributed by atoms with Crippen LogP contribution < -0.4 is 16.2 Å². The summed E-state index contributed by atoms with van der Waals surface area (Å²) < 4.78 is 0. The Bertz CT molecular complexity index is 476. The van der Waals surface area contributed by atoms with Crippen LogP contribution in [0.25, 0.3) is 0 Å². The van der Waals surface area contributed by atoms with E-state index < -0.39 is 0 Å². The molecular formula is C12H18N4O.